The van der Waals surface area contributed by atoms with E-state index in [1.165, 1.54) is 0 Å². The van der Waals surface area contributed by atoms with Crippen molar-refractivity contribution in [3.63, 3.8) is 0 Å². The molecule has 1 aromatic heterocycles. The molecule has 1 spiro atoms. The van der Waals surface area contributed by atoms with Gasteiger partial charge in [0, 0.05) is 17.3 Å². The van der Waals surface area contributed by atoms with Crippen LogP contribution in [-0.2, 0) is 11.3 Å². The number of hydrogen-bond donors (Lipinski definition) is 2. The van der Waals surface area contributed by atoms with Crippen LogP contribution < -0.4 is 20.3 Å². The topological polar surface area (TPSA) is 107 Å². The largest absolute Gasteiger partial charge is 0.493 e. The molecule has 170 valence electrons. The zero-order valence-electron chi connectivity index (χ0n) is 18.2. The summed E-state index contributed by atoms with van der Waals surface area (Å²) in [7, 11) is 1.56. The molecule has 32 heavy (non-hydrogen) atoms. The van der Waals surface area contributed by atoms with Gasteiger partial charge >= 0.3 is 5.97 Å². The molecule has 2 heterocycles. The third-order valence-electron chi connectivity index (χ3n) is 7.33. The quantitative estimate of drug-likeness (QED) is 0.708. The van der Waals surface area contributed by atoms with Crippen LogP contribution in [0.4, 0.5) is 0 Å². The van der Waals surface area contributed by atoms with Gasteiger partial charge in [-0.15, -0.1) is 0 Å². The van der Waals surface area contributed by atoms with E-state index in [1.807, 2.05) is 0 Å². The van der Waals surface area contributed by atoms with Crippen LogP contribution >= 0.6 is 0 Å². The minimum Gasteiger partial charge on any atom is -0.493 e. The summed E-state index contributed by atoms with van der Waals surface area (Å²) in [6, 6.07) is 5.12. The second kappa shape index (κ2) is 7.53. The van der Waals surface area contributed by atoms with E-state index < -0.39 is 23.0 Å². The SMILES string of the molecule is COc1ccc2cc(C(=O)NC3(C(=O)O)CCCCCC3)c(=O)n3c2c1OCC1(CC1)C3. The number of methoxy groups -OCH3 is 1. The molecule has 0 atom stereocenters. The van der Waals surface area contributed by atoms with Crippen molar-refractivity contribution in [2.45, 2.75) is 63.5 Å². The highest BCUT2D eigenvalue weighted by Gasteiger charge is 2.47. The van der Waals surface area contributed by atoms with Gasteiger partial charge in [-0.25, -0.2) is 4.79 Å². The smallest absolute Gasteiger partial charge is 0.329 e. The van der Waals surface area contributed by atoms with Crippen LogP contribution in [0.1, 0.15) is 61.7 Å². The number of nitrogens with one attached hydrogen (secondary N) is 1. The number of amides is 1. The summed E-state index contributed by atoms with van der Waals surface area (Å²) >= 11 is 0. The fourth-order valence-corrected chi connectivity index (χ4v) is 5.14. The number of aromatic nitrogens is 1. The average Bonchev–Trinajstić information content (AvgIpc) is 3.59. The van der Waals surface area contributed by atoms with E-state index in [2.05, 4.69) is 5.32 Å². The van der Waals surface area contributed by atoms with Gasteiger partial charge in [-0.2, -0.15) is 0 Å². The maximum atomic E-state index is 13.6. The molecule has 2 aliphatic carbocycles. The predicted molar refractivity (Wildman–Crippen MR) is 117 cm³/mol. The number of rotatable bonds is 4. The van der Waals surface area contributed by atoms with Gasteiger partial charge in [-0.05, 0) is 43.9 Å². The van der Waals surface area contributed by atoms with Crippen LogP contribution in [0, 0.1) is 5.41 Å². The van der Waals surface area contributed by atoms with Crippen molar-refractivity contribution in [2.24, 2.45) is 5.41 Å². The minimum atomic E-state index is -1.33. The molecular weight excluding hydrogens is 412 g/mol. The number of hydrogen-bond acceptors (Lipinski definition) is 5. The number of carbonyl (C=O) groups is 2. The van der Waals surface area contributed by atoms with E-state index in [1.54, 1.807) is 29.9 Å². The second-order valence-corrected chi connectivity index (χ2v) is 9.53. The second-order valence-electron chi connectivity index (χ2n) is 9.53. The Bertz CT molecular complexity index is 1160. The Kier molecular flexibility index (Phi) is 4.91. The minimum absolute atomic E-state index is 0.0313. The van der Waals surface area contributed by atoms with E-state index in [0.717, 1.165) is 38.5 Å². The number of carboxylic acid groups (broad SMARTS) is 1. The maximum absolute atomic E-state index is 13.6. The Morgan fingerprint density at radius 1 is 1.12 bits per heavy atom. The number of carbonyl (C=O) groups excluding carboxylic acids is 1. The van der Waals surface area contributed by atoms with Gasteiger partial charge in [0.15, 0.2) is 11.5 Å². The lowest BCUT2D eigenvalue weighted by atomic mass is 9.90. The van der Waals surface area contributed by atoms with Gasteiger partial charge in [0.2, 0.25) is 0 Å². The number of nitrogens with zero attached hydrogens (tertiary/aromatic N) is 1. The molecule has 8 nitrogen and oxygen atoms in total. The van der Waals surface area contributed by atoms with Crippen molar-refractivity contribution in [3.8, 4) is 11.5 Å². The molecule has 3 aliphatic rings. The summed E-state index contributed by atoms with van der Waals surface area (Å²) in [5.41, 5.74) is -1.28. The lowest BCUT2D eigenvalue weighted by Crippen LogP contribution is -2.55. The molecule has 0 radical (unpaired) electrons. The molecule has 0 unspecified atom stereocenters. The molecule has 1 amide bonds. The van der Waals surface area contributed by atoms with Gasteiger partial charge in [-0.1, -0.05) is 25.7 Å². The number of aliphatic carboxylic acids is 1. The summed E-state index contributed by atoms with van der Waals surface area (Å²) in [4.78, 5) is 39.0. The van der Waals surface area contributed by atoms with Crippen molar-refractivity contribution in [1.29, 1.82) is 0 Å². The molecule has 8 heteroatoms. The molecule has 2 N–H and O–H groups in total. The normalized spacial score (nSPS) is 20.7. The first-order chi connectivity index (χ1) is 15.4. The first-order valence-corrected chi connectivity index (χ1v) is 11.3. The van der Waals surface area contributed by atoms with Crippen LogP contribution in [0.15, 0.2) is 23.0 Å². The first-order valence-electron chi connectivity index (χ1n) is 11.3. The Hall–Kier alpha value is -3.03. The first kappa shape index (κ1) is 20.8. The molecule has 2 saturated carbocycles. The summed E-state index contributed by atoms with van der Waals surface area (Å²) in [5, 5.41) is 13.4. The van der Waals surface area contributed by atoms with Crippen LogP contribution in [0.2, 0.25) is 0 Å². The highest BCUT2D eigenvalue weighted by Crippen LogP contribution is 2.51. The van der Waals surface area contributed by atoms with Crippen molar-refractivity contribution < 1.29 is 24.2 Å². The molecule has 5 rings (SSSR count). The summed E-state index contributed by atoms with van der Waals surface area (Å²) in [6.45, 7) is 0.959. The van der Waals surface area contributed by atoms with Gasteiger partial charge in [0.05, 0.1) is 19.2 Å². The van der Waals surface area contributed by atoms with Gasteiger partial charge in [0.25, 0.3) is 11.5 Å². The van der Waals surface area contributed by atoms with Crippen molar-refractivity contribution in [3.05, 3.63) is 34.1 Å². The average molecular weight is 440 g/mol. The van der Waals surface area contributed by atoms with Crippen molar-refractivity contribution >= 4 is 22.8 Å². The van der Waals surface area contributed by atoms with E-state index in [4.69, 9.17) is 9.47 Å². The van der Waals surface area contributed by atoms with Gasteiger partial charge in [0.1, 0.15) is 11.1 Å². The third-order valence-corrected chi connectivity index (χ3v) is 7.33. The number of pyridine rings is 1. The lowest BCUT2D eigenvalue weighted by Gasteiger charge is -2.29. The van der Waals surface area contributed by atoms with Crippen LogP contribution in [0.25, 0.3) is 10.9 Å². The Balaban J connectivity index is 1.61. The van der Waals surface area contributed by atoms with Gasteiger partial charge < -0.3 is 24.5 Å². The van der Waals surface area contributed by atoms with Crippen molar-refractivity contribution in [1.82, 2.24) is 9.88 Å². The highest BCUT2D eigenvalue weighted by atomic mass is 16.5. The third kappa shape index (κ3) is 3.32. The van der Waals surface area contributed by atoms with Crippen LogP contribution in [0.3, 0.4) is 0 Å². The summed E-state index contributed by atoms with van der Waals surface area (Å²) in [5.74, 6) is -0.603. The monoisotopic (exact) mass is 440 g/mol. The van der Waals surface area contributed by atoms with Crippen LogP contribution in [-0.4, -0.2) is 40.8 Å². The van der Waals surface area contributed by atoms with Crippen LogP contribution in [0.5, 0.6) is 11.5 Å². The maximum Gasteiger partial charge on any atom is 0.329 e. The molecule has 2 fully saturated rings. The molecule has 0 saturated heterocycles. The standard InChI is InChI=1S/C24H28N2O6/c1-31-17-7-6-15-12-16(20(27)25-24(22(29)30)8-4-2-3-5-9-24)21(28)26-13-23(10-11-23)14-32-19(17)18(15)26/h6-7,12H,2-5,8-11,13-14H2,1H3,(H,25,27)(H,29,30). The summed E-state index contributed by atoms with van der Waals surface area (Å²) < 4.78 is 13.2. The van der Waals surface area contributed by atoms with E-state index in [0.29, 0.717) is 48.4 Å². The number of benzene rings is 1. The number of ether oxygens (including phenoxy) is 2. The molecule has 0 bridgehead atoms. The predicted octanol–water partition coefficient (Wildman–Crippen LogP) is 3.09. The molecule has 1 aliphatic heterocycles. The fraction of sp³-hybridized carbons (Fsp3) is 0.542. The van der Waals surface area contributed by atoms with Crippen molar-refractivity contribution in [2.75, 3.05) is 13.7 Å². The zero-order valence-corrected chi connectivity index (χ0v) is 18.2. The van der Waals surface area contributed by atoms with E-state index in [-0.39, 0.29) is 11.0 Å². The molecular formula is C24H28N2O6. The molecule has 1 aromatic carbocycles. The van der Waals surface area contributed by atoms with E-state index >= 15 is 0 Å². The number of carboxylic acids is 1. The Morgan fingerprint density at radius 3 is 2.47 bits per heavy atom. The van der Waals surface area contributed by atoms with E-state index in [9.17, 15) is 19.5 Å². The van der Waals surface area contributed by atoms with Gasteiger partial charge in [-0.3, -0.25) is 9.59 Å². The Labute approximate surface area is 185 Å². The lowest BCUT2D eigenvalue weighted by molar-refractivity contribution is -0.145. The molecule has 2 aromatic rings. The summed E-state index contributed by atoms with van der Waals surface area (Å²) in [6.07, 6.45) is 6.00. The Morgan fingerprint density at radius 2 is 1.84 bits per heavy atom. The zero-order chi connectivity index (χ0) is 22.5. The highest BCUT2D eigenvalue weighted by molar-refractivity contribution is 6.01. The fourth-order valence-electron chi connectivity index (χ4n) is 5.14.